The predicted octanol–water partition coefficient (Wildman–Crippen LogP) is 2.70. The number of halogens is 3. The van der Waals surface area contributed by atoms with Crippen molar-refractivity contribution in [2.45, 2.75) is 38.6 Å². The van der Waals surface area contributed by atoms with Gasteiger partial charge in [0, 0.05) is 0 Å². The number of alkyl halides is 3. The van der Waals surface area contributed by atoms with Gasteiger partial charge in [-0.25, -0.2) is 0 Å². The molecule has 0 saturated heterocycles. The van der Waals surface area contributed by atoms with Crippen LogP contribution in [0.3, 0.4) is 0 Å². The summed E-state index contributed by atoms with van der Waals surface area (Å²) < 4.78 is 42.2. The molecule has 0 fully saturated rings. The highest BCUT2D eigenvalue weighted by molar-refractivity contribution is 5.93. The molecular weight excluding hydrogens is 195 g/mol. The first-order valence-corrected chi connectivity index (χ1v) is 4.36. The number of aliphatic imine (C=N–C) groups is 1. The first-order chi connectivity index (χ1) is 6.41. The SMILES string of the molecule is CC1CC=COC(C)C(C(F)(F)F)=N1. The summed E-state index contributed by atoms with van der Waals surface area (Å²) in [7, 11) is 0. The molecule has 0 aliphatic carbocycles. The highest BCUT2D eigenvalue weighted by Crippen LogP contribution is 2.23. The summed E-state index contributed by atoms with van der Waals surface area (Å²) in [6, 6.07) is -0.353. The third kappa shape index (κ3) is 2.75. The lowest BCUT2D eigenvalue weighted by Crippen LogP contribution is -2.35. The minimum absolute atomic E-state index is 0.353. The molecule has 14 heavy (non-hydrogen) atoms. The van der Waals surface area contributed by atoms with Crippen molar-refractivity contribution in [3.63, 3.8) is 0 Å². The van der Waals surface area contributed by atoms with Crippen LogP contribution in [0.5, 0.6) is 0 Å². The molecule has 2 atom stereocenters. The van der Waals surface area contributed by atoms with E-state index in [1.807, 2.05) is 0 Å². The molecule has 1 heterocycles. The van der Waals surface area contributed by atoms with E-state index >= 15 is 0 Å². The lowest BCUT2D eigenvalue weighted by molar-refractivity contribution is -0.0666. The number of rotatable bonds is 0. The molecule has 2 unspecified atom stereocenters. The van der Waals surface area contributed by atoms with Crippen LogP contribution in [0.1, 0.15) is 20.3 Å². The monoisotopic (exact) mass is 207 g/mol. The van der Waals surface area contributed by atoms with Gasteiger partial charge in [-0.1, -0.05) is 0 Å². The number of ether oxygens (including phenoxy) is 1. The molecule has 0 radical (unpaired) electrons. The Bertz CT molecular complexity index is 257. The van der Waals surface area contributed by atoms with Gasteiger partial charge in [0.05, 0.1) is 12.3 Å². The normalized spacial score (nSPS) is 28.8. The second-order valence-electron chi connectivity index (χ2n) is 3.25. The Morgan fingerprint density at radius 2 is 2.07 bits per heavy atom. The van der Waals surface area contributed by atoms with Crippen molar-refractivity contribution in [1.82, 2.24) is 0 Å². The van der Waals surface area contributed by atoms with Crippen LogP contribution in [0, 0.1) is 0 Å². The molecule has 1 aliphatic heterocycles. The van der Waals surface area contributed by atoms with Crippen LogP contribution < -0.4 is 0 Å². The Morgan fingerprint density at radius 1 is 1.43 bits per heavy atom. The molecule has 0 N–H and O–H groups in total. The molecule has 0 aromatic heterocycles. The molecule has 0 aromatic rings. The summed E-state index contributed by atoms with van der Waals surface area (Å²) in [6.07, 6.45) is -1.99. The molecule has 1 rings (SSSR count). The van der Waals surface area contributed by atoms with Crippen molar-refractivity contribution in [2.24, 2.45) is 4.99 Å². The topological polar surface area (TPSA) is 21.6 Å². The molecule has 5 heteroatoms. The van der Waals surface area contributed by atoms with Gasteiger partial charge in [0.2, 0.25) is 0 Å². The average molecular weight is 207 g/mol. The van der Waals surface area contributed by atoms with E-state index in [0.29, 0.717) is 6.42 Å². The fraction of sp³-hybridized carbons (Fsp3) is 0.667. The Hall–Kier alpha value is -1.00. The van der Waals surface area contributed by atoms with Crippen molar-refractivity contribution in [3.05, 3.63) is 12.3 Å². The van der Waals surface area contributed by atoms with Crippen molar-refractivity contribution >= 4 is 5.71 Å². The van der Waals surface area contributed by atoms with Crippen molar-refractivity contribution in [1.29, 1.82) is 0 Å². The van der Waals surface area contributed by atoms with Gasteiger partial charge < -0.3 is 4.74 Å². The Kier molecular flexibility index (Phi) is 3.18. The van der Waals surface area contributed by atoms with Gasteiger partial charge in [-0.3, -0.25) is 4.99 Å². The maximum atomic E-state index is 12.4. The van der Waals surface area contributed by atoms with Gasteiger partial charge in [0.15, 0.2) is 5.71 Å². The second-order valence-corrected chi connectivity index (χ2v) is 3.25. The molecule has 80 valence electrons. The van der Waals surface area contributed by atoms with Crippen molar-refractivity contribution in [3.8, 4) is 0 Å². The van der Waals surface area contributed by atoms with Gasteiger partial charge in [-0.2, -0.15) is 13.2 Å². The van der Waals surface area contributed by atoms with Gasteiger partial charge in [-0.15, -0.1) is 0 Å². The maximum absolute atomic E-state index is 12.4. The van der Waals surface area contributed by atoms with E-state index in [9.17, 15) is 13.2 Å². The Labute approximate surface area is 80.5 Å². The Balaban J connectivity index is 2.92. The number of hydrogen-bond donors (Lipinski definition) is 0. The van der Waals surface area contributed by atoms with Gasteiger partial charge >= 0.3 is 6.18 Å². The maximum Gasteiger partial charge on any atom is 0.432 e. The summed E-state index contributed by atoms with van der Waals surface area (Å²) in [4.78, 5) is 3.60. The second kappa shape index (κ2) is 4.02. The van der Waals surface area contributed by atoms with Crippen LogP contribution in [0.15, 0.2) is 17.3 Å². The zero-order chi connectivity index (χ0) is 10.8. The summed E-state index contributed by atoms with van der Waals surface area (Å²) in [5.74, 6) is 0. The lowest BCUT2D eigenvalue weighted by Gasteiger charge is -2.20. The molecule has 0 amide bonds. The fourth-order valence-electron chi connectivity index (χ4n) is 1.19. The summed E-state index contributed by atoms with van der Waals surface area (Å²) >= 11 is 0. The van der Waals surface area contributed by atoms with E-state index < -0.39 is 18.0 Å². The standard InChI is InChI=1S/C9H12F3NO/c1-6-4-3-5-14-7(2)8(13-6)9(10,11)12/h3,5-7H,4H2,1-2H3. The third-order valence-corrected chi connectivity index (χ3v) is 1.89. The molecule has 0 aromatic carbocycles. The van der Waals surface area contributed by atoms with E-state index in [2.05, 4.69) is 4.99 Å². The summed E-state index contributed by atoms with van der Waals surface area (Å²) in [5.41, 5.74) is -0.839. The number of nitrogens with zero attached hydrogens (tertiary/aromatic N) is 1. The zero-order valence-corrected chi connectivity index (χ0v) is 8.01. The largest absolute Gasteiger partial charge is 0.492 e. The summed E-state index contributed by atoms with van der Waals surface area (Å²) in [5, 5.41) is 0. The fourth-order valence-corrected chi connectivity index (χ4v) is 1.19. The molecule has 1 aliphatic rings. The molecular formula is C9H12F3NO. The zero-order valence-electron chi connectivity index (χ0n) is 8.01. The Morgan fingerprint density at radius 3 is 2.64 bits per heavy atom. The summed E-state index contributed by atoms with van der Waals surface area (Å²) in [6.45, 7) is 2.99. The molecule has 2 nitrogen and oxygen atoms in total. The van der Waals surface area contributed by atoms with Crippen molar-refractivity contribution < 1.29 is 17.9 Å². The van der Waals surface area contributed by atoms with Gasteiger partial charge in [0.25, 0.3) is 0 Å². The van der Waals surface area contributed by atoms with E-state index in [4.69, 9.17) is 4.74 Å². The highest BCUT2D eigenvalue weighted by Gasteiger charge is 2.40. The first-order valence-electron chi connectivity index (χ1n) is 4.36. The lowest BCUT2D eigenvalue weighted by atomic mass is 10.2. The van der Waals surface area contributed by atoms with E-state index in [1.54, 1.807) is 13.0 Å². The average Bonchev–Trinajstić information content (AvgIpc) is 2.03. The van der Waals surface area contributed by atoms with Gasteiger partial charge in [-0.05, 0) is 26.3 Å². The van der Waals surface area contributed by atoms with Crippen LogP contribution in [0.4, 0.5) is 13.2 Å². The predicted molar refractivity (Wildman–Crippen MR) is 47.3 cm³/mol. The first kappa shape index (κ1) is 11.1. The molecule has 0 spiro atoms. The smallest absolute Gasteiger partial charge is 0.432 e. The van der Waals surface area contributed by atoms with Crippen LogP contribution in [0.25, 0.3) is 0 Å². The molecule has 0 saturated carbocycles. The van der Waals surface area contributed by atoms with Crippen LogP contribution in [-0.4, -0.2) is 24.0 Å². The minimum atomic E-state index is -4.40. The van der Waals surface area contributed by atoms with E-state index in [0.717, 1.165) is 0 Å². The van der Waals surface area contributed by atoms with E-state index in [-0.39, 0.29) is 6.04 Å². The number of hydrogen-bond acceptors (Lipinski definition) is 2. The van der Waals surface area contributed by atoms with E-state index in [1.165, 1.54) is 13.2 Å². The minimum Gasteiger partial charge on any atom is -0.492 e. The quantitative estimate of drug-likeness (QED) is 0.598. The van der Waals surface area contributed by atoms with Crippen LogP contribution in [-0.2, 0) is 4.74 Å². The molecule has 0 bridgehead atoms. The third-order valence-electron chi connectivity index (χ3n) is 1.89. The van der Waals surface area contributed by atoms with Gasteiger partial charge in [0.1, 0.15) is 6.10 Å². The van der Waals surface area contributed by atoms with Crippen LogP contribution >= 0.6 is 0 Å². The van der Waals surface area contributed by atoms with Crippen molar-refractivity contribution in [2.75, 3.05) is 0 Å². The van der Waals surface area contributed by atoms with Crippen LogP contribution in [0.2, 0.25) is 0 Å². The highest BCUT2D eigenvalue weighted by atomic mass is 19.4.